The first-order valence-corrected chi connectivity index (χ1v) is 7.48. The van der Waals surface area contributed by atoms with Crippen LogP contribution in [0.25, 0.3) is 0 Å². The summed E-state index contributed by atoms with van der Waals surface area (Å²) in [6, 6.07) is 9.17. The van der Waals surface area contributed by atoms with Crippen LogP contribution >= 0.6 is 23.2 Å². The number of carbonyl (C=O) groups excluding carboxylic acids is 2. The van der Waals surface area contributed by atoms with E-state index in [1.54, 1.807) is 21.9 Å². The van der Waals surface area contributed by atoms with Crippen LogP contribution in [0.4, 0.5) is 0 Å². The van der Waals surface area contributed by atoms with Crippen molar-refractivity contribution in [3.05, 3.63) is 30.3 Å². The molecule has 0 aromatic heterocycles. The van der Waals surface area contributed by atoms with Gasteiger partial charge in [0.1, 0.15) is 5.75 Å². The molecule has 0 aliphatic carbocycles. The molecular weight excluding hydrogens is 315 g/mol. The van der Waals surface area contributed by atoms with E-state index in [0.717, 1.165) is 0 Å². The number of nitrogens with zero attached hydrogens (tertiary/aromatic N) is 2. The van der Waals surface area contributed by atoms with Gasteiger partial charge < -0.3 is 14.5 Å². The van der Waals surface area contributed by atoms with Crippen LogP contribution in [0.5, 0.6) is 5.75 Å². The summed E-state index contributed by atoms with van der Waals surface area (Å²) in [5.74, 6) is 0.247. The van der Waals surface area contributed by atoms with Crippen LogP contribution in [0.2, 0.25) is 0 Å². The fourth-order valence-electron chi connectivity index (χ4n) is 2.07. The van der Waals surface area contributed by atoms with Gasteiger partial charge >= 0.3 is 0 Å². The quantitative estimate of drug-likeness (QED) is 0.787. The van der Waals surface area contributed by atoms with Gasteiger partial charge in [0.25, 0.3) is 11.8 Å². The predicted molar refractivity (Wildman–Crippen MR) is 80.6 cm³/mol. The molecule has 0 unspecified atom stereocenters. The third-order valence-corrected chi connectivity index (χ3v) is 3.61. The zero-order valence-corrected chi connectivity index (χ0v) is 12.9. The second-order valence-electron chi connectivity index (χ2n) is 4.61. The Labute approximate surface area is 133 Å². The Morgan fingerprint density at radius 1 is 1.05 bits per heavy atom. The van der Waals surface area contributed by atoms with E-state index in [9.17, 15) is 9.59 Å². The van der Waals surface area contributed by atoms with Crippen molar-refractivity contribution in [1.29, 1.82) is 0 Å². The van der Waals surface area contributed by atoms with E-state index in [-0.39, 0.29) is 18.4 Å². The summed E-state index contributed by atoms with van der Waals surface area (Å²) in [6.45, 7) is 1.79. The van der Waals surface area contributed by atoms with Crippen molar-refractivity contribution in [1.82, 2.24) is 9.80 Å². The maximum atomic E-state index is 12.0. The molecule has 0 atom stereocenters. The van der Waals surface area contributed by atoms with Crippen LogP contribution in [0.3, 0.4) is 0 Å². The molecule has 1 aliphatic heterocycles. The van der Waals surface area contributed by atoms with Gasteiger partial charge in [0, 0.05) is 26.2 Å². The van der Waals surface area contributed by atoms with Crippen LogP contribution in [-0.2, 0) is 9.59 Å². The van der Waals surface area contributed by atoms with Crippen molar-refractivity contribution in [2.24, 2.45) is 0 Å². The average molecular weight is 331 g/mol. The molecule has 21 heavy (non-hydrogen) atoms. The summed E-state index contributed by atoms with van der Waals surface area (Å²) in [4.78, 5) is 25.8. The van der Waals surface area contributed by atoms with Gasteiger partial charge in [-0.25, -0.2) is 0 Å². The minimum absolute atomic E-state index is 0.00834. The molecule has 2 rings (SSSR count). The van der Waals surface area contributed by atoms with Gasteiger partial charge in [-0.3, -0.25) is 9.59 Å². The Morgan fingerprint density at radius 3 is 2.19 bits per heavy atom. The number of hydrogen-bond acceptors (Lipinski definition) is 3. The molecule has 0 N–H and O–H groups in total. The van der Waals surface area contributed by atoms with Crippen molar-refractivity contribution >= 4 is 35.0 Å². The summed E-state index contributed by atoms with van der Waals surface area (Å²) in [6.07, 6.45) is 0. The molecule has 1 fully saturated rings. The lowest BCUT2D eigenvalue weighted by atomic mass is 10.3. The lowest BCUT2D eigenvalue weighted by molar-refractivity contribution is -0.139. The molecular formula is C14H16Cl2N2O3. The molecule has 1 saturated heterocycles. The number of hydrogen-bond donors (Lipinski definition) is 0. The highest BCUT2D eigenvalue weighted by molar-refractivity contribution is 6.53. The van der Waals surface area contributed by atoms with Crippen LogP contribution in [0.15, 0.2) is 30.3 Å². The molecule has 1 heterocycles. The second kappa shape index (κ2) is 7.52. The van der Waals surface area contributed by atoms with E-state index in [2.05, 4.69) is 0 Å². The van der Waals surface area contributed by atoms with Gasteiger partial charge in [-0.05, 0) is 12.1 Å². The molecule has 2 amide bonds. The monoisotopic (exact) mass is 330 g/mol. The third-order valence-electron chi connectivity index (χ3n) is 3.24. The molecule has 0 saturated carbocycles. The molecule has 0 bridgehead atoms. The maximum Gasteiger partial charge on any atom is 0.260 e. The molecule has 1 aliphatic rings. The highest BCUT2D eigenvalue weighted by atomic mass is 35.5. The molecule has 5 nitrogen and oxygen atoms in total. The van der Waals surface area contributed by atoms with Crippen LogP contribution in [-0.4, -0.2) is 59.2 Å². The van der Waals surface area contributed by atoms with E-state index in [1.807, 2.05) is 18.2 Å². The highest BCUT2D eigenvalue weighted by Gasteiger charge is 2.26. The van der Waals surface area contributed by atoms with Crippen LogP contribution in [0, 0.1) is 0 Å². The number of halogens is 2. The van der Waals surface area contributed by atoms with Crippen LogP contribution in [0.1, 0.15) is 0 Å². The Bertz CT molecular complexity index is 488. The second-order valence-corrected chi connectivity index (χ2v) is 5.70. The summed E-state index contributed by atoms with van der Waals surface area (Å²) >= 11 is 11.1. The van der Waals surface area contributed by atoms with Gasteiger partial charge in [0.2, 0.25) is 0 Å². The zero-order chi connectivity index (χ0) is 15.2. The molecule has 114 valence electrons. The lowest BCUT2D eigenvalue weighted by Crippen LogP contribution is -2.52. The summed E-state index contributed by atoms with van der Waals surface area (Å²) in [7, 11) is 0. The van der Waals surface area contributed by atoms with Crippen molar-refractivity contribution in [2.45, 2.75) is 4.84 Å². The van der Waals surface area contributed by atoms with E-state index in [1.165, 1.54) is 0 Å². The fraction of sp³-hybridized carbons (Fsp3) is 0.429. The third kappa shape index (κ3) is 4.51. The summed E-state index contributed by atoms with van der Waals surface area (Å²) in [5.41, 5.74) is 0. The minimum atomic E-state index is -1.05. The number of piperazine rings is 1. The normalized spacial score (nSPS) is 15.2. The number of alkyl halides is 2. The fourth-order valence-corrected chi connectivity index (χ4v) is 2.34. The largest absolute Gasteiger partial charge is 0.484 e. The first-order chi connectivity index (χ1) is 10.1. The van der Waals surface area contributed by atoms with Crippen molar-refractivity contribution in [3.8, 4) is 5.75 Å². The van der Waals surface area contributed by atoms with E-state index in [4.69, 9.17) is 27.9 Å². The first kappa shape index (κ1) is 15.9. The van der Waals surface area contributed by atoms with Gasteiger partial charge in [-0.1, -0.05) is 41.4 Å². The Morgan fingerprint density at radius 2 is 1.62 bits per heavy atom. The predicted octanol–water partition coefficient (Wildman–Crippen LogP) is 1.54. The van der Waals surface area contributed by atoms with Crippen molar-refractivity contribution in [3.63, 3.8) is 0 Å². The first-order valence-electron chi connectivity index (χ1n) is 6.60. The maximum absolute atomic E-state index is 12.0. The van der Waals surface area contributed by atoms with E-state index >= 15 is 0 Å². The van der Waals surface area contributed by atoms with Crippen molar-refractivity contribution in [2.75, 3.05) is 32.8 Å². The molecule has 0 spiro atoms. The highest BCUT2D eigenvalue weighted by Crippen LogP contribution is 2.11. The number of benzene rings is 1. The number of para-hydroxylation sites is 1. The number of ether oxygens (including phenoxy) is 1. The number of carbonyl (C=O) groups is 2. The van der Waals surface area contributed by atoms with E-state index < -0.39 is 4.84 Å². The minimum Gasteiger partial charge on any atom is -0.484 e. The Hall–Kier alpha value is -1.46. The average Bonchev–Trinajstić information content (AvgIpc) is 2.53. The van der Waals surface area contributed by atoms with Crippen molar-refractivity contribution < 1.29 is 14.3 Å². The van der Waals surface area contributed by atoms with Gasteiger partial charge in [0.05, 0.1) is 0 Å². The number of rotatable bonds is 4. The van der Waals surface area contributed by atoms with Gasteiger partial charge in [-0.15, -0.1) is 0 Å². The summed E-state index contributed by atoms with van der Waals surface area (Å²) < 4.78 is 5.42. The van der Waals surface area contributed by atoms with Crippen LogP contribution < -0.4 is 4.74 Å². The molecule has 1 aromatic rings. The Balaban J connectivity index is 1.77. The molecule has 1 aromatic carbocycles. The van der Waals surface area contributed by atoms with Gasteiger partial charge in [-0.2, -0.15) is 0 Å². The molecule has 7 heteroatoms. The summed E-state index contributed by atoms with van der Waals surface area (Å²) in [5, 5.41) is 0. The standard InChI is InChI=1S/C14H16Cl2N2O3/c15-13(16)14(20)18-8-6-17(7-9-18)12(19)10-21-11-4-2-1-3-5-11/h1-5,13H,6-10H2. The van der Waals surface area contributed by atoms with Gasteiger partial charge in [0.15, 0.2) is 11.4 Å². The number of amides is 2. The van der Waals surface area contributed by atoms with E-state index in [0.29, 0.717) is 31.9 Å². The zero-order valence-electron chi connectivity index (χ0n) is 11.4. The topological polar surface area (TPSA) is 49.9 Å². The SMILES string of the molecule is O=C(COc1ccccc1)N1CCN(C(=O)C(Cl)Cl)CC1. The molecule has 0 radical (unpaired) electrons. The Kier molecular flexibility index (Phi) is 5.70. The smallest absolute Gasteiger partial charge is 0.260 e. The lowest BCUT2D eigenvalue weighted by Gasteiger charge is -2.34.